The maximum absolute atomic E-state index is 11.4. The third-order valence-corrected chi connectivity index (χ3v) is 2.76. The highest BCUT2D eigenvalue weighted by molar-refractivity contribution is 5.78. The largest absolute Gasteiger partial charge is 0.378 e. The standard InChI is InChI=1S/C11H22N2O2/c1-8(2)10-6-9(4-5-15-10)13-11(14)7-12-3/h8-10,12H,4-7H2,1-3H3,(H,13,14). The zero-order valence-electron chi connectivity index (χ0n) is 9.88. The predicted molar refractivity (Wildman–Crippen MR) is 59.7 cm³/mol. The molecule has 2 unspecified atom stereocenters. The van der Waals surface area contributed by atoms with Crippen LogP contribution in [0.25, 0.3) is 0 Å². The summed E-state index contributed by atoms with van der Waals surface area (Å²) in [7, 11) is 1.78. The van der Waals surface area contributed by atoms with Crippen molar-refractivity contribution in [1.29, 1.82) is 0 Å². The Morgan fingerprint density at radius 2 is 2.27 bits per heavy atom. The van der Waals surface area contributed by atoms with Gasteiger partial charge >= 0.3 is 0 Å². The Morgan fingerprint density at radius 3 is 2.87 bits per heavy atom. The molecule has 0 saturated carbocycles. The average Bonchev–Trinajstić information content (AvgIpc) is 2.18. The van der Waals surface area contributed by atoms with E-state index in [1.54, 1.807) is 7.05 Å². The van der Waals surface area contributed by atoms with Crippen molar-refractivity contribution in [2.45, 2.75) is 38.8 Å². The second-order valence-electron chi connectivity index (χ2n) is 4.47. The fourth-order valence-electron chi connectivity index (χ4n) is 1.86. The normalized spacial score (nSPS) is 26.7. The lowest BCUT2D eigenvalue weighted by Crippen LogP contribution is -2.45. The van der Waals surface area contributed by atoms with Gasteiger partial charge < -0.3 is 15.4 Å². The second kappa shape index (κ2) is 6.08. The van der Waals surface area contributed by atoms with Crippen molar-refractivity contribution in [3.63, 3.8) is 0 Å². The van der Waals surface area contributed by atoms with Crippen LogP contribution < -0.4 is 10.6 Å². The minimum absolute atomic E-state index is 0.0758. The van der Waals surface area contributed by atoms with E-state index in [1.165, 1.54) is 0 Å². The molecule has 1 aliphatic rings. The molecule has 2 atom stereocenters. The molecule has 15 heavy (non-hydrogen) atoms. The third-order valence-electron chi connectivity index (χ3n) is 2.76. The number of rotatable bonds is 4. The smallest absolute Gasteiger partial charge is 0.234 e. The Balaban J connectivity index is 2.33. The molecule has 0 aromatic heterocycles. The van der Waals surface area contributed by atoms with Gasteiger partial charge in [0.15, 0.2) is 0 Å². The van der Waals surface area contributed by atoms with E-state index in [1.807, 2.05) is 0 Å². The van der Waals surface area contributed by atoms with E-state index < -0.39 is 0 Å². The van der Waals surface area contributed by atoms with Gasteiger partial charge in [-0.05, 0) is 25.8 Å². The van der Waals surface area contributed by atoms with Crippen LogP contribution in [0.4, 0.5) is 0 Å². The molecular formula is C11H22N2O2. The van der Waals surface area contributed by atoms with Gasteiger partial charge in [-0.2, -0.15) is 0 Å². The van der Waals surface area contributed by atoms with Crippen molar-refractivity contribution in [3.05, 3.63) is 0 Å². The molecule has 2 N–H and O–H groups in total. The topological polar surface area (TPSA) is 50.4 Å². The molecule has 0 aromatic carbocycles. The maximum Gasteiger partial charge on any atom is 0.234 e. The summed E-state index contributed by atoms with van der Waals surface area (Å²) in [6.07, 6.45) is 2.16. The Labute approximate surface area is 91.8 Å². The molecule has 0 aliphatic carbocycles. The predicted octanol–water partition coefficient (Wildman–Crippen LogP) is 0.526. The van der Waals surface area contributed by atoms with Gasteiger partial charge in [0, 0.05) is 12.6 Å². The summed E-state index contributed by atoms with van der Waals surface area (Å²) in [4.78, 5) is 11.4. The van der Waals surface area contributed by atoms with Gasteiger partial charge in [-0.15, -0.1) is 0 Å². The van der Waals surface area contributed by atoms with Crippen LogP contribution >= 0.6 is 0 Å². The van der Waals surface area contributed by atoms with E-state index >= 15 is 0 Å². The molecule has 4 heteroatoms. The number of hydrogen-bond donors (Lipinski definition) is 2. The number of hydrogen-bond acceptors (Lipinski definition) is 3. The van der Waals surface area contributed by atoms with Gasteiger partial charge in [0.1, 0.15) is 0 Å². The molecular weight excluding hydrogens is 192 g/mol. The molecule has 1 fully saturated rings. The molecule has 1 heterocycles. The molecule has 0 aromatic rings. The van der Waals surface area contributed by atoms with Crippen molar-refractivity contribution in [2.24, 2.45) is 5.92 Å². The van der Waals surface area contributed by atoms with Gasteiger partial charge in [-0.1, -0.05) is 13.8 Å². The number of likely N-dealkylation sites (N-methyl/N-ethyl adjacent to an activating group) is 1. The number of carbonyl (C=O) groups excluding carboxylic acids is 1. The molecule has 0 radical (unpaired) electrons. The van der Waals surface area contributed by atoms with Gasteiger partial charge in [0.05, 0.1) is 12.6 Å². The molecule has 0 spiro atoms. The van der Waals surface area contributed by atoms with E-state index in [-0.39, 0.29) is 11.9 Å². The molecule has 4 nitrogen and oxygen atoms in total. The summed E-state index contributed by atoms with van der Waals surface area (Å²) in [5.74, 6) is 0.598. The van der Waals surface area contributed by atoms with E-state index in [4.69, 9.17) is 4.74 Å². The van der Waals surface area contributed by atoms with Crippen LogP contribution in [0.3, 0.4) is 0 Å². The summed E-state index contributed by atoms with van der Waals surface area (Å²) in [6, 6.07) is 0.284. The maximum atomic E-state index is 11.4. The third kappa shape index (κ3) is 4.18. The molecule has 1 aliphatic heterocycles. The number of carbonyl (C=O) groups is 1. The van der Waals surface area contributed by atoms with Crippen molar-refractivity contribution in [3.8, 4) is 0 Å². The molecule has 1 amide bonds. The van der Waals surface area contributed by atoms with Crippen LogP contribution in [-0.4, -0.2) is 38.3 Å². The quantitative estimate of drug-likeness (QED) is 0.717. The van der Waals surface area contributed by atoms with Crippen LogP contribution in [0.1, 0.15) is 26.7 Å². The monoisotopic (exact) mass is 214 g/mol. The fourth-order valence-corrected chi connectivity index (χ4v) is 1.86. The fraction of sp³-hybridized carbons (Fsp3) is 0.909. The highest BCUT2D eigenvalue weighted by atomic mass is 16.5. The van der Waals surface area contributed by atoms with Crippen LogP contribution in [0.5, 0.6) is 0 Å². The summed E-state index contributed by atoms with van der Waals surface area (Å²) in [5, 5.41) is 5.87. The Morgan fingerprint density at radius 1 is 1.53 bits per heavy atom. The lowest BCUT2D eigenvalue weighted by Gasteiger charge is -2.32. The van der Waals surface area contributed by atoms with Crippen LogP contribution in [0.15, 0.2) is 0 Å². The highest BCUT2D eigenvalue weighted by Crippen LogP contribution is 2.19. The minimum atomic E-state index is 0.0758. The molecule has 0 bridgehead atoms. The molecule has 1 rings (SSSR count). The van der Waals surface area contributed by atoms with E-state index in [9.17, 15) is 4.79 Å². The summed E-state index contributed by atoms with van der Waals surface area (Å²) < 4.78 is 5.64. The zero-order valence-corrected chi connectivity index (χ0v) is 9.88. The van der Waals surface area contributed by atoms with Gasteiger partial charge in [0.2, 0.25) is 5.91 Å². The first-order valence-electron chi connectivity index (χ1n) is 5.69. The van der Waals surface area contributed by atoms with E-state index in [2.05, 4.69) is 24.5 Å². The summed E-state index contributed by atoms with van der Waals surface area (Å²) in [5.41, 5.74) is 0. The zero-order chi connectivity index (χ0) is 11.3. The molecule has 1 saturated heterocycles. The lowest BCUT2D eigenvalue weighted by molar-refractivity contribution is -0.122. The van der Waals surface area contributed by atoms with Gasteiger partial charge in [-0.3, -0.25) is 4.79 Å². The highest BCUT2D eigenvalue weighted by Gasteiger charge is 2.25. The minimum Gasteiger partial charge on any atom is -0.378 e. The Hall–Kier alpha value is -0.610. The van der Waals surface area contributed by atoms with Crippen LogP contribution in [0.2, 0.25) is 0 Å². The first kappa shape index (κ1) is 12.5. The van der Waals surface area contributed by atoms with Crippen LogP contribution in [-0.2, 0) is 9.53 Å². The van der Waals surface area contributed by atoms with E-state index in [0.717, 1.165) is 19.4 Å². The van der Waals surface area contributed by atoms with E-state index in [0.29, 0.717) is 18.6 Å². The van der Waals surface area contributed by atoms with Crippen molar-refractivity contribution in [1.82, 2.24) is 10.6 Å². The van der Waals surface area contributed by atoms with Crippen molar-refractivity contribution >= 4 is 5.91 Å². The first-order valence-corrected chi connectivity index (χ1v) is 5.69. The number of amides is 1. The Bertz CT molecular complexity index is 207. The average molecular weight is 214 g/mol. The van der Waals surface area contributed by atoms with Crippen molar-refractivity contribution in [2.75, 3.05) is 20.2 Å². The van der Waals surface area contributed by atoms with Crippen LogP contribution in [0, 0.1) is 5.92 Å². The summed E-state index contributed by atoms with van der Waals surface area (Å²) >= 11 is 0. The van der Waals surface area contributed by atoms with Gasteiger partial charge in [0.25, 0.3) is 0 Å². The summed E-state index contributed by atoms with van der Waals surface area (Å²) in [6.45, 7) is 5.46. The SMILES string of the molecule is CNCC(=O)NC1CCOC(C(C)C)C1. The first-order chi connectivity index (χ1) is 7.13. The lowest BCUT2D eigenvalue weighted by atomic mass is 9.95. The van der Waals surface area contributed by atoms with Gasteiger partial charge in [-0.25, -0.2) is 0 Å². The molecule has 88 valence electrons. The number of nitrogens with one attached hydrogen (secondary N) is 2. The Kier molecular flexibility index (Phi) is 5.05. The van der Waals surface area contributed by atoms with Crippen molar-refractivity contribution < 1.29 is 9.53 Å². The number of ether oxygens (including phenoxy) is 1. The second-order valence-corrected chi connectivity index (χ2v) is 4.47.